The topological polar surface area (TPSA) is 90.2 Å². The number of rotatable bonds is 5. The largest absolute Gasteiger partial charge is 0.493 e. The van der Waals surface area contributed by atoms with Gasteiger partial charge in [-0.2, -0.15) is 0 Å². The second-order valence-electron chi connectivity index (χ2n) is 9.00. The predicted molar refractivity (Wildman–Crippen MR) is 134 cm³/mol. The van der Waals surface area contributed by atoms with Gasteiger partial charge < -0.3 is 19.3 Å². The summed E-state index contributed by atoms with van der Waals surface area (Å²) >= 11 is 0. The van der Waals surface area contributed by atoms with Crippen LogP contribution >= 0.6 is 0 Å². The fraction of sp³-hybridized carbons (Fsp3) is 0.423. The van der Waals surface area contributed by atoms with E-state index >= 15 is 0 Å². The summed E-state index contributed by atoms with van der Waals surface area (Å²) < 4.78 is 11.5. The molecule has 2 atom stereocenters. The van der Waals surface area contributed by atoms with Gasteiger partial charge in [-0.1, -0.05) is 12.1 Å². The number of carbonyl (C=O) groups is 1. The maximum atomic E-state index is 12.8. The number of aliphatic imine (C=N–C) groups is 1. The van der Waals surface area contributed by atoms with Crippen LogP contribution in [-0.4, -0.2) is 81.4 Å². The van der Waals surface area contributed by atoms with E-state index in [1.54, 1.807) is 32.2 Å². The Labute approximate surface area is 201 Å². The number of nitrogens with one attached hydrogen (secondary N) is 2. The lowest BCUT2D eigenvalue weighted by Crippen LogP contribution is -2.42. The molecule has 0 bridgehead atoms. The summed E-state index contributed by atoms with van der Waals surface area (Å²) in [6.07, 6.45) is 0.972. The fourth-order valence-electron chi connectivity index (χ4n) is 4.64. The Hall–Kier alpha value is -3.39. The number of guanidine groups is 1. The van der Waals surface area contributed by atoms with E-state index < -0.39 is 0 Å². The van der Waals surface area contributed by atoms with Gasteiger partial charge in [-0.3, -0.25) is 20.5 Å². The molecule has 2 heterocycles. The van der Waals surface area contributed by atoms with E-state index in [1.165, 1.54) is 5.56 Å². The molecule has 8 nitrogen and oxygen atoms in total. The molecule has 1 amide bonds. The van der Waals surface area contributed by atoms with Crippen LogP contribution in [-0.2, 0) is 0 Å². The lowest BCUT2D eigenvalue weighted by molar-refractivity contribution is 0.0973. The Balaban J connectivity index is 1.78. The molecule has 0 unspecified atom stereocenters. The minimum absolute atomic E-state index is 0.0399. The maximum absolute atomic E-state index is 12.8. The van der Waals surface area contributed by atoms with E-state index in [9.17, 15) is 4.79 Å². The van der Waals surface area contributed by atoms with Crippen LogP contribution in [0.3, 0.4) is 0 Å². The molecule has 1 saturated heterocycles. The molecule has 4 rings (SSSR count). The molecular weight excluding hydrogens is 430 g/mol. The first-order valence-corrected chi connectivity index (χ1v) is 11.6. The minimum atomic E-state index is -0.321. The Morgan fingerprint density at radius 2 is 2.06 bits per heavy atom. The summed E-state index contributed by atoms with van der Waals surface area (Å²) in [6, 6.07) is 11.7. The molecule has 2 aromatic carbocycles. The molecule has 0 radical (unpaired) electrons. The molecule has 2 aliphatic heterocycles. The highest BCUT2D eigenvalue weighted by molar-refractivity contribution is 6.16. The van der Waals surface area contributed by atoms with Crippen LogP contribution < -0.4 is 14.8 Å². The number of likely N-dealkylation sites (N-methyl/N-ethyl adjacent to an activating group) is 1. The van der Waals surface area contributed by atoms with E-state index in [0.29, 0.717) is 17.9 Å². The summed E-state index contributed by atoms with van der Waals surface area (Å²) in [5.41, 5.74) is 4.43. The third-order valence-electron chi connectivity index (χ3n) is 6.44. The number of amides is 1. The van der Waals surface area contributed by atoms with Gasteiger partial charge in [0.25, 0.3) is 5.91 Å². The van der Waals surface area contributed by atoms with Gasteiger partial charge in [-0.05, 0) is 56.8 Å². The molecule has 2 N–H and O–H groups in total. The number of carbonyl (C=O) groups excluding carboxylic acids is 1. The number of benzene rings is 2. The van der Waals surface area contributed by atoms with Crippen LogP contribution in [0.5, 0.6) is 11.5 Å². The summed E-state index contributed by atoms with van der Waals surface area (Å²) in [7, 11) is 7.23. The van der Waals surface area contributed by atoms with Crippen LogP contribution in [0, 0.1) is 5.41 Å². The van der Waals surface area contributed by atoms with Crippen LogP contribution in [0.1, 0.15) is 46.3 Å². The zero-order valence-corrected chi connectivity index (χ0v) is 20.5. The monoisotopic (exact) mass is 463 g/mol. The Morgan fingerprint density at radius 1 is 1.26 bits per heavy atom. The zero-order valence-electron chi connectivity index (χ0n) is 20.5. The minimum Gasteiger partial charge on any atom is -0.493 e. The number of piperidine rings is 1. The molecule has 0 aliphatic carbocycles. The molecule has 180 valence electrons. The lowest BCUT2D eigenvalue weighted by Gasteiger charge is -2.39. The quantitative estimate of drug-likeness (QED) is 0.526. The van der Waals surface area contributed by atoms with Crippen molar-refractivity contribution >= 4 is 17.6 Å². The molecule has 2 aromatic rings. The van der Waals surface area contributed by atoms with Crippen LogP contribution in [0.15, 0.2) is 41.4 Å². The van der Waals surface area contributed by atoms with Crippen molar-refractivity contribution in [1.82, 2.24) is 15.1 Å². The number of hydrogen-bond acceptors (Lipinski definition) is 6. The number of likely N-dealkylation sites (tertiary alicyclic amines) is 1. The highest BCUT2D eigenvalue weighted by Crippen LogP contribution is 2.42. The van der Waals surface area contributed by atoms with Gasteiger partial charge in [-0.15, -0.1) is 0 Å². The van der Waals surface area contributed by atoms with Crippen molar-refractivity contribution in [2.45, 2.75) is 25.3 Å². The highest BCUT2D eigenvalue weighted by Gasteiger charge is 2.36. The second-order valence-corrected chi connectivity index (χ2v) is 9.00. The Bertz CT molecular complexity index is 1130. The van der Waals surface area contributed by atoms with Crippen LogP contribution in [0.2, 0.25) is 0 Å². The number of methoxy groups -OCH3 is 1. The van der Waals surface area contributed by atoms with Crippen molar-refractivity contribution in [2.75, 3.05) is 47.9 Å². The van der Waals surface area contributed by atoms with Crippen LogP contribution in [0.4, 0.5) is 0 Å². The average Bonchev–Trinajstić information content (AvgIpc) is 2.83. The van der Waals surface area contributed by atoms with E-state index in [1.807, 2.05) is 31.2 Å². The van der Waals surface area contributed by atoms with Crippen LogP contribution in [0.25, 0.3) is 0 Å². The lowest BCUT2D eigenvalue weighted by atomic mass is 9.79. The smallest absolute Gasteiger partial charge is 0.257 e. The van der Waals surface area contributed by atoms with Gasteiger partial charge in [-0.25, -0.2) is 0 Å². The Kier molecular flexibility index (Phi) is 6.88. The van der Waals surface area contributed by atoms with Crippen molar-refractivity contribution < 1.29 is 14.3 Å². The summed E-state index contributed by atoms with van der Waals surface area (Å²) in [4.78, 5) is 21.9. The van der Waals surface area contributed by atoms with Crippen molar-refractivity contribution in [1.29, 1.82) is 5.41 Å². The normalized spacial score (nSPS) is 19.4. The molecule has 8 heteroatoms. The number of hydrogen-bond donors (Lipinski definition) is 2. The average molecular weight is 464 g/mol. The fourth-order valence-corrected chi connectivity index (χ4v) is 4.64. The predicted octanol–water partition coefficient (Wildman–Crippen LogP) is 2.96. The van der Waals surface area contributed by atoms with E-state index in [4.69, 9.17) is 19.9 Å². The first kappa shape index (κ1) is 23.8. The van der Waals surface area contributed by atoms with E-state index in [0.717, 1.165) is 42.1 Å². The third-order valence-corrected chi connectivity index (χ3v) is 6.44. The SMILES string of the molecule is CCOc1cc2c(cc1OC)C(c1cccc(C(=O)NC(=N)N(C)C)c1)=N[C@@H]1CCN(C)C[C@H]21. The number of nitrogens with zero attached hydrogens (tertiary/aromatic N) is 3. The molecule has 1 fully saturated rings. The first-order chi connectivity index (χ1) is 16.3. The summed E-state index contributed by atoms with van der Waals surface area (Å²) in [5.74, 6) is 1.41. The van der Waals surface area contributed by atoms with Crippen molar-refractivity contribution in [2.24, 2.45) is 4.99 Å². The molecule has 0 spiro atoms. The standard InChI is InChI=1S/C26H33N5O3/c1-6-34-23-13-18-19(14-22(23)33-5)24(28-21-10-11-31(4)15-20(18)21)16-8-7-9-17(12-16)25(32)29-26(27)30(2)3/h7-9,12-14,20-21H,6,10-11,15H2,1-5H3,(H2,27,29,32)/t20-,21-/m1/s1. The van der Waals surface area contributed by atoms with Crippen molar-refractivity contribution in [3.05, 3.63) is 58.7 Å². The maximum Gasteiger partial charge on any atom is 0.257 e. The second kappa shape index (κ2) is 9.85. The molecule has 2 aliphatic rings. The molecular formula is C26H33N5O3. The van der Waals surface area contributed by atoms with E-state index in [-0.39, 0.29) is 23.8 Å². The summed E-state index contributed by atoms with van der Waals surface area (Å²) in [6.45, 7) is 4.46. The van der Waals surface area contributed by atoms with E-state index in [2.05, 4.69) is 23.3 Å². The van der Waals surface area contributed by atoms with Gasteiger partial charge >= 0.3 is 0 Å². The Morgan fingerprint density at radius 3 is 2.76 bits per heavy atom. The van der Waals surface area contributed by atoms with Gasteiger partial charge in [0.15, 0.2) is 17.5 Å². The van der Waals surface area contributed by atoms with Crippen molar-refractivity contribution in [3.63, 3.8) is 0 Å². The molecule has 0 saturated carbocycles. The zero-order chi connectivity index (χ0) is 24.4. The van der Waals surface area contributed by atoms with Gasteiger partial charge in [0.2, 0.25) is 0 Å². The number of fused-ring (bicyclic) bond motifs is 3. The van der Waals surface area contributed by atoms with Gasteiger partial charge in [0.1, 0.15) is 0 Å². The number of ether oxygens (including phenoxy) is 2. The molecule has 34 heavy (non-hydrogen) atoms. The molecule has 0 aromatic heterocycles. The third kappa shape index (κ3) is 4.63. The van der Waals surface area contributed by atoms with Gasteiger partial charge in [0, 0.05) is 43.2 Å². The first-order valence-electron chi connectivity index (χ1n) is 11.6. The van der Waals surface area contributed by atoms with Gasteiger partial charge in [0.05, 0.1) is 25.5 Å². The highest BCUT2D eigenvalue weighted by atomic mass is 16.5. The van der Waals surface area contributed by atoms with Crippen molar-refractivity contribution in [3.8, 4) is 11.5 Å². The summed E-state index contributed by atoms with van der Waals surface area (Å²) in [5, 5.41) is 10.5.